The lowest BCUT2D eigenvalue weighted by Crippen LogP contribution is -2.49. The molecule has 1 saturated heterocycles. The molecule has 1 aliphatic heterocycles. The molecule has 0 aliphatic carbocycles. The molecule has 3 aromatic rings. The summed E-state index contributed by atoms with van der Waals surface area (Å²) >= 11 is 0. The summed E-state index contributed by atoms with van der Waals surface area (Å²) in [5, 5.41) is 10.2. The normalized spacial score (nSPS) is 14.8. The Morgan fingerprint density at radius 1 is 1.19 bits per heavy atom. The fourth-order valence-electron chi connectivity index (χ4n) is 3.33. The van der Waals surface area contributed by atoms with Gasteiger partial charge in [0.05, 0.1) is 12.6 Å². The Morgan fingerprint density at radius 3 is 2.73 bits per heavy atom. The average Bonchev–Trinajstić information content (AvgIpc) is 3.04. The second-order valence-corrected chi connectivity index (χ2v) is 6.42. The smallest absolute Gasteiger partial charge is 0.227 e. The number of amides is 1. The number of hydrogen-bond donors (Lipinski definition) is 2. The molecule has 3 heterocycles. The van der Waals surface area contributed by atoms with Crippen LogP contribution in [0.3, 0.4) is 0 Å². The molecule has 4 rings (SSSR count). The second kappa shape index (κ2) is 6.67. The van der Waals surface area contributed by atoms with Crippen molar-refractivity contribution in [2.24, 2.45) is 0 Å². The Morgan fingerprint density at radius 2 is 2.00 bits per heavy atom. The first kappa shape index (κ1) is 16.4. The lowest BCUT2D eigenvalue weighted by molar-refractivity contribution is -0.130. The van der Waals surface area contributed by atoms with E-state index in [1.165, 1.54) is 18.3 Å². The Bertz CT molecular complexity index is 930. The van der Waals surface area contributed by atoms with Crippen molar-refractivity contribution in [2.75, 3.05) is 31.1 Å². The van der Waals surface area contributed by atoms with E-state index in [9.17, 15) is 14.3 Å². The molecule has 1 aromatic carbocycles. The standard InChI is InChI=1S/C19H19FN4O2/c20-14-1-3-16-13(11-21-17(16)10-14)9-19(26)24-7-5-23(6-8-24)18-4-2-15(25)12-22-18/h1-4,10-12,21,25H,5-9H2. The number of carbonyl (C=O) groups excluding carboxylic acids is 1. The third-order valence-corrected chi connectivity index (χ3v) is 4.76. The summed E-state index contributed by atoms with van der Waals surface area (Å²) in [4.78, 5) is 23.8. The number of piperazine rings is 1. The van der Waals surface area contributed by atoms with Gasteiger partial charge in [0.15, 0.2) is 0 Å². The van der Waals surface area contributed by atoms with E-state index in [0.29, 0.717) is 38.1 Å². The first-order valence-corrected chi connectivity index (χ1v) is 8.53. The van der Waals surface area contributed by atoms with Gasteiger partial charge in [-0.3, -0.25) is 4.79 Å². The van der Waals surface area contributed by atoms with Crippen molar-refractivity contribution >= 4 is 22.6 Å². The van der Waals surface area contributed by atoms with E-state index in [-0.39, 0.29) is 17.5 Å². The number of anilines is 1. The predicted molar refractivity (Wildman–Crippen MR) is 96.7 cm³/mol. The van der Waals surface area contributed by atoms with Crippen molar-refractivity contribution in [1.29, 1.82) is 0 Å². The van der Waals surface area contributed by atoms with Crippen LogP contribution in [0.4, 0.5) is 10.2 Å². The number of benzene rings is 1. The molecule has 6 nitrogen and oxygen atoms in total. The lowest BCUT2D eigenvalue weighted by atomic mass is 10.1. The number of aromatic amines is 1. The molecule has 0 saturated carbocycles. The minimum atomic E-state index is -0.295. The minimum Gasteiger partial charge on any atom is -0.506 e. The van der Waals surface area contributed by atoms with Crippen LogP contribution in [0, 0.1) is 5.82 Å². The largest absolute Gasteiger partial charge is 0.506 e. The third-order valence-electron chi connectivity index (χ3n) is 4.76. The van der Waals surface area contributed by atoms with Crippen molar-refractivity contribution in [2.45, 2.75) is 6.42 Å². The number of aromatic nitrogens is 2. The Balaban J connectivity index is 1.39. The first-order valence-electron chi connectivity index (χ1n) is 8.53. The van der Waals surface area contributed by atoms with Gasteiger partial charge in [0.1, 0.15) is 17.4 Å². The first-order chi connectivity index (χ1) is 12.6. The van der Waals surface area contributed by atoms with Crippen molar-refractivity contribution in [3.8, 4) is 5.75 Å². The molecule has 134 valence electrons. The number of fused-ring (bicyclic) bond motifs is 1. The van der Waals surface area contributed by atoms with Crippen LogP contribution in [0.15, 0.2) is 42.7 Å². The van der Waals surface area contributed by atoms with Crippen LogP contribution in [0.5, 0.6) is 5.75 Å². The summed E-state index contributed by atoms with van der Waals surface area (Å²) in [5.74, 6) is 0.708. The van der Waals surface area contributed by atoms with Crippen LogP contribution in [-0.4, -0.2) is 52.1 Å². The zero-order valence-corrected chi connectivity index (χ0v) is 14.2. The van der Waals surface area contributed by atoms with Gasteiger partial charge in [0.25, 0.3) is 0 Å². The third kappa shape index (κ3) is 3.20. The highest BCUT2D eigenvalue weighted by atomic mass is 19.1. The van der Waals surface area contributed by atoms with Crippen molar-refractivity contribution in [3.63, 3.8) is 0 Å². The number of pyridine rings is 1. The number of aromatic hydroxyl groups is 1. The van der Waals surface area contributed by atoms with Crippen LogP contribution in [0.2, 0.25) is 0 Å². The van der Waals surface area contributed by atoms with Gasteiger partial charge >= 0.3 is 0 Å². The fraction of sp³-hybridized carbons (Fsp3) is 0.263. The van der Waals surface area contributed by atoms with Gasteiger partial charge in [-0.05, 0) is 35.9 Å². The molecule has 0 unspecified atom stereocenters. The number of nitrogens with one attached hydrogen (secondary N) is 1. The number of nitrogens with zero attached hydrogens (tertiary/aromatic N) is 3. The molecule has 26 heavy (non-hydrogen) atoms. The van der Waals surface area contributed by atoms with E-state index in [0.717, 1.165) is 16.8 Å². The van der Waals surface area contributed by atoms with Crippen LogP contribution in [0.25, 0.3) is 10.9 Å². The van der Waals surface area contributed by atoms with E-state index < -0.39 is 0 Å². The summed E-state index contributed by atoms with van der Waals surface area (Å²) < 4.78 is 13.3. The summed E-state index contributed by atoms with van der Waals surface area (Å²) in [6, 6.07) is 7.94. The summed E-state index contributed by atoms with van der Waals surface area (Å²) in [6.07, 6.45) is 3.49. The molecule has 0 radical (unpaired) electrons. The van der Waals surface area contributed by atoms with E-state index >= 15 is 0 Å². The summed E-state index contributed by atoms with van der Waals surface area (Å²) in [5.41, 5.74) is 1.59. The van der Waals surface area contributed by atoms with Gasteiger partial charge in [-0.25, -0.2) is 9.37 Å². The van der Waals surface area contributed by atoms with Gasteiger partial charge in [0.2, 0.25) is 5.91 Å². The van der Waals surface area contributed by atoms with Crippen molar-refractivity contribution in [3.05, 3.63) is 54.1 Å². The highest BCUT2D eigenvalue weighted by Gasteiger charge is 2.22. The molecular weight excluding hydrogens is 335 g/mol. The number of halogens is 1. The van der Waals surface area contributed by atoms with Crippen LogP contribution < -0.4 is 4.90 Å². The maximum absolute atomic E-state index is 13.3. The molecule has 0 atom stereocenters. The van der Waals surface area contributed by atoms with Crippen LogP contribution in [0.1, 0.15) is 5.56 Å². The quantitative estimate of drug-likeness (QED) is 0.757. The highest BCUT2D eigenvalue weighted by Crippen LogP contribution is 2.21. The molecule has 0 spiro atoms. The lowest BCUT2D eigenvalue weighted by Gasteiger charge is -2.35. The number of H-pyrrole nitrogens is 1. The molecule has 0 bridgehead atoms. The van der Waals surface area contributed by atoms with E-state index in [1.807, 2.05) is 4.90 Å². The topological polar surface area (TPSA) is 72.5 Å². The molecule has 1 amide bonds. The van der Waals surface area contributed by atoms with Gasteiger partial charge in [0, 0.05) is 43.3 Å². The van der Waals surface area contributed by atoms with E-state index in [1.54, 1.807) is 24.4 Å². The van der Waals surface area contributed by atoms with Gasteiger partial charge in [-0.15, -0.1) is 0 Å². The molecule has 7 heteroatoms. The van der Waals surface area contributed by atoms with Gasteiger partial charge in [-0.2, -0.15) is 0 Å². The fourth-order valence-corrected chi connectivity index (χ4v) is 3.33. The predicted octanol–water partition coefficient (Wildman–Crippen LogP) is 2.30. The van der Waals surface area contributed by atoms with Crippen molar-refractivity contribution < 1.29 is 14.3 Å². The van der Waals surface area contributed by atoms with Crippen molar-refractivity contribution in [1.82, 2.24) is 14.9 Å². The number of hydrogen-bond acceptors (Lipinski definition) is 4. The Labute approximate surface area is 149 Å². The molecule has 1 aliphatic rings. The van der Waals surface area contributed by atoms with Crippen LogP contribution in [-0.2, 0) is 11.2 Å². The molecular formula is C19H19FN4O2. The summed E-state index contributed by atoms with van der Waals surface area (Å²) in [7, 11) is 0. The van der Waals surface area contributed by atoms with Gasteiger partial charge in [-0.1, -0.05) is 0 Å². The van der Waals surface area contributed by atoms with E-state index in [2.05, 4.69) is 14.9 Å². The number of carbonyl (C=O) groups is 1. The molecule has 2 aromatic heterocycles. The minimum absolute atomic E-state index is 0.0635. The maximum Gasteiger partial charge on any atom is 0.227 e. The average molecular weight is 354 g/mol. The zero-order valence-electron chi connectivity index (χ0n) is 14.2. The van der Waals surface area contributed by atoms with Crippen LogP contribution >= 0.6 is 0 Å². The zero-order chi connectivity index (χ0) is 18.1. The summed E-state index contributed by atoms with van der Waals surface area (Å²) in [6.45, 7) is 2.64. The molecule has 1 fully saturated rings. The second-order valence-electron chi connectivity index (χ2n) is 6.42. The van der Waals surface area contributed by atoms with E-state index in [4.69, 9.17) is 0 Å². The molecule has 2 N–H and O–H groups in total. The Kier molecular flexibility index (Phi) is 4.20. The Hall–Kier alpha value is -3.09. The van der Waals surface area contributed by atoms with Gasteiger partial charge < -0.3 is 19.9 Å². The monoisotopic (exact) mass is 354 g/mol. The number of rotatable bonds is 3. The maximum atomic E-state index is 13.3. The SMILES string of the molecule is O=C(Cc1c[nH]c2cc(F)ccc12)N1CCN(c2ccc(O)cn2)CC1. The highest BCUT2D eigenvalue weighted by molar-refractivity contribution is 5.89.